The maximum Gasteiger partial charge on any atom is 0.0687 e. The first-order valence-corrected chi connectivity index (χ1v) is 7.58. The molecule has 0 amide bonds. The van der Waals surface area contributed by atoms with Gasteiger partial charge in [0.15, 0.2) is 0 Å². The minimum atomic E-state index is -0.0468. The lowest BCUT2D eigenvalue weighted by molar-refractivity contribution is -0.0709. The molecule has 3 unspecified atom stereocenters. The average molecular weight is 254 g/mol. The summed E-state index contributed by atoms with van der Waals surface area (Å²) in [5, 5.41) is 9.77. The summed E-state index contributed by atoms with van der Waals surface area (Å²) in [4.78, 5) is 0. The molecule has 104 valence electrons. The summed E-state index contributed by atoms with van der Waals surface area (Å²) in [6.07, 6.45) is 10.1. The largest absolute Gasteiger partial charge is 0.396 e. The lowest BCUT2D eigenvalue weighted by Gasteiger charge is -2.33. The second-order valence-electron chi connectivity index (χ2n) is 6.66. The van der Waals surface area contributed by atoms with Crippen LogP contribution < -0.4 is 0 Å². The number of ether oxygens (including phenoxy) is 2. The van der Waals surface area contributed by atoms with E-state index >= 15 is 0 Å². The van der Waals surface area contributed by atoms with E-state index in [9.17, 15) is 5.11 Å². The van der Waals surface area contributed by atoms with Crippen LogP contribution in [0.15, 0.2) is 0 Å². The minimum Gasteiger partial charge on any atom is -0.396 e. The van der Waals surface area contributed by atoms with Crippen LogP contribution in [0.25, 0.3) is 0 Å². The predicted octanol–water partition coefficient (Wildman–Crippen LogP) is 2.66. The summed E-state index contributed by atoms with van der Waals surface area (Å²) in [5.74, 6) is 0. The molecule has 18 heavy (non-hydrogen) atoms. The third kappa shape index (κ3) is 2.10. The topological polar surface area (TPSA) is 38.7 Å². The van der Waals surface area contributed by atoms with E-state index in [0.29, 0.717) is 6.10 Å². The summed E-state index contributed by atoms with van der Waals surface area (Å²) in [7, 11) is 0. The Kier molecular flexibility index (Phi) is 3.41. The molecule has 2 aliphatic heterocycles. The Bertz CT molecular complexity index is 298. The van der Waals surface area contributed by atoms with Gasteiger partial charge in [-0.3, -0.25) is 0 Å². The van der Waals surface area contributed by atoms with Gasteiger partial charge in [0, 0.05) is 12.0 Å². The lowest BCUT2D eigenvalue weighted by Crippen LogP contribution is -2.37. The van der Waals surface area contributed by atoms with Crippen LogP contribution in [0.5, 0.6) is 0 Å². The molecule has 1 spiro atoms. The van der Waals surface area contributed by atoms with Gasteiger partial charge in [-0.05, 0) is 45.4 Å². The van der Waals surface area contributed by atoms with Gasteiger partial charge >= 0.3 is 0 Å². The van der Waals surface area contributed by atoms with Crippen LogP contribution in [0.2, 0.25) is 0 Å². The van der Waals surface area contributed by atoms with Gasteiger partial charge in [-0.2, -0.15) is 0 Å². The third-order valence-corrected chi connectivity index (χ3v) is 5.63. The van der Waals surface area contributed by atoms with Crippen molar-refractivity contribution in [2.45, 2.75) is 76.1 Å². The lowest BCUT2D eigenvalue weighted by atomic mass is 9.77. The molecule has 3 nitrogen and oxygen atoms in total. The molecule has 3 aliphatic rings. The number of hydrogen-bond donors (Lipinski definition) is 1. The molecular weight excluding hydrogens is 228 g/mol. The highest BCUT2D eigenvalue weighted by atomic mass is 16.5. The molecular formula is C15H26O3. The molecule has 1 aliphatic carbocycles. The quantitative estimate of drug-likeness (QED) is 0.841. The molecule has 0 radical (unpaired) electrons. The van der Waals surface area contributed by atoms with Gasteiger partial charge in [0.2, 0.25) is 0 Å². The molecule has 0 aromatic carbocycles. The molecule has 0 aromatic heterocycles. The second-order valence-corrected chi connectivity index (χ2v) is 6.66. The van der Waals surface area contributed by atoms with Crippen LogP contribution in [0.4, 0.5) is 0 Å². The first kappa shape index (κ1) is 12.9. The van der Waals surface area contributed by atoms with Crippen molar-refractivity contribution in [2.75, 3.05) is 13.2 Å². The SMILES string of the molecule is CC1OCCC1(CO)CC1CCC2(CCCC2)O1. The summed E-state index contributed by atoms with van der Waals surface area (Å²) < 4.78 is 12.1. The first-order valence-electron chi connectivity index (χ1n) is 7.58. The van der Waals surface area contributed by atoms with Crippen molar-refractivity contribution in [1.29, 1.82) is 0 Å². The zero-order valence-corrected chi connectivity index (χ0v) is 11.5. The number of rotatable bonds is 3. The van der Waals surface area contributed by atoms with Crippen molar-refractivity contribution < 1.29 is 14.6 Å². The normalized spacial score (nSPS) is 43.0. The monoisotopic (exact) mass is 254 g/mol. The zero-order valence-electron chi connectivity index (χ0n) is 11.5. The van der Waals surface area contributed by atoms with Crippen molar-refractivity contribution in [2.24, 2.45) is 5.41 Å². The van der Waals surface area contributed by atoms with E-state index in [1.807, 2.05) is 0 Å². The molecule has 0 aromatic rings. The molecule has 2 saturated heterocycles. The van der Waals surface area contributed by atoms with Gasteiger partial charge < -0.3 is 14.6 Å². The molecule has 1 N–H and O–H groups in total. The highest BCUT2D eigenvalue weighted by Gasteiger charge is 2.48. The minimum absolute atomic E-state index is 0.0468. The van der Waals surface area contributed by atoms with Crippen molar-refractivity contribution in [3.05, 3.63) is 0 Å². The Labute approximate surface area is 110 Å². The Hall–Kier alpha value is -0.120. The van der Waals surface area contributed by atoms with Crippen LogP contribution >= 0.6 is 0 Å². The van der Waals surface area contributed by atoms with Gasteiger partial charge in [-0.1, -0.05) is 12.8 Å². The van der Waals surface area contributed by atoms with Crippen LogP contribution in [-0.2, 0) is 9.47 Å². The molecule has 1 saturated carbocycles. The Balaban J connectivity index is 1.63. The first-order chi connectivity index (χ1) is 8.68. The highest BCUT2D eigenvalue weighted by Crippen LogP contribution is 2.48. The van der Waals surface area contributed by atoms with E-state index in [1.165, 1.54) is 38.5 Å². The molecule has 3 rings (SSSR count). The molecule has 2 heterocycles. The number of hydrogen-bond acceptors (Lipinski definition) is 3. The van der Waals surface area contributed by atoms with Gasteiger partial charge in [-0.15, -0.1) is 0 Å². The number of aliphatic hydroxyl groups excluding tert-OH is 1. The standard InChI is InChI=1S/C15H26O3/c1-12-14(11-16,8-9-17-12)10-13-4-7-15(18-13)5-2-3-6-15/h12-13,16H,2-11H2,1H3. The van der Waals surface area contributed by atoms with Crippen molar-refractivity contribution in [1.82, 2.24) is 0 Å². The maximum atomic E-state index is 9.77. The Morgan fingerprint density at radius 1 is 1.17 bits per heavy atom. The highest BCUT2D eigenvalue weighted by molar-refractivity contribution is 4.97. The van der Waals surface area contributed by atoms with E-state index in [2.05, 4.69) is 6.92 Å². The Morgan fingerprint density at radius 2 is 1.94 bits per heavy atom. The molecule has 3 fully saturated rings. The van der Waals surface area contributed by atoms with Crippen LogP contribution in [0.3, 0.4) is 0 Å². The Morgan fingerprint density at radius 3 is 2.56 bits per heavy atom. The van der Waals surface area contributed by atoms with Crippen molar-refractivity contribution in [3.63, 3.8) is 0 Å². The maximum absolute atomic E-state index is 9.77. The van der Waals surface area contributed by atoms with Crippen molar-refractivity contribution in [3.8, 4) is 0 Å². The summed E-state index contributed by atoms with van der Waals surface area (Å²) >= 11 is 0. The van der Waals surface area contributed by atoms with E-state index in [4.69, 9.17) is 9.47 Å². The van der Waals surface area contributed by atoms with E-state index < -0.39 is 0 Å². The fraction of sp³-hybridized carbons (Fsp3) is 1.00. The van der Waals surface area contributed by atoms with Gasteiger partial charge in [0.25, 0.3) is 0 Å². The fourth-order valence-electron chi connectivity index (χ4n) is 4.24. The van der Waals surface area contributed by atoms with E-state index in [0.717, 1.165) is 19.4 Å². The van der Waals surface area contributed by atoms with Gasteiger partial charge in [-0.25, -0.2) is 0 Å². The molecule has 3 heteroatoms. The van der Waals surface area contributed by atoms with Gasteiger partial charge in [0.05, 0.1) is 24.4 Å². The van der Waals surface area contributed by atoms with Crippen molar-refractivity contribution >= 4 is 0 Å². The third-order valence-electron chi connectivity index (χ3n) is 5.63. The van der Waals surface area contributed by atoms with Gasteiger partial charge in [0.1, 0.15) is 0 Å². The van der Waals surface area contributed by atoms with Crippen LogP contribution in [-0.4, -0.2) is 36.1 Å². The molecule has 0 bridgehead atoms. The summed E-state index contributed by atoms with van der Waals surface area (Å²) in [6.45, 7) is 3.13. The average Bonchev–Trinajstić information content (AvgIpc) is 3.06. The van der Waals surface area contributed by atoms with Crippen LogP contribution in [0, 0.1) is 5.41 Å². The summed E-state index contributed by atoms with van der Waals surface area (Å²) in [6, 6.07) is 0. The number of aliphatic hydroxyl groups is 1. The zero-order chi connectivity index (χ0) is 12.6. The second kappa shape index (κ2) is 4.77. The van der Waals surface area contributed by atoms with E-state index in [-0.39, 0.29) is 23.7 Å². The van der Waals surface area contributed by atoms with E-state index in [1.54, 1.807) is 0 Å². The summed E-state index contributed by atoms with van der Waals surface area (Å²) in [5.41, 5.74) is 0.165. The fourth-order valence-corrected chi connectivity index (χ4v) is 4.24. The van der Waals surface area contributed by atoms with Crippen LogP contribution in [0.1, 0.15) is 58.3 Å². The predicted molar refractivity (Wildman–Crippen MR) is 69.5 cm³/mol. The smallest absolute Gasteiger partial charge is 0.0687 e. The molecule has 3 atom stereocenters.